The maximum Gasteiger partial charge on any atom is 0.254 e. The zero-order valence-electron chi connectivity index (χ0n) is 28.6. The van der Waals surface area contributed by atoms with Crippen LogP contribution in [0.15, 0.2) is 52.3 Å². The lowest BCUT2D eigenvalue weighted by Gasteiger charge is -2.37. The number of allylic oxidation sites excluding steroid dienone is 1. The molecular weight excluding hydrogens is 645 g/mol. The highest BCUT2D eigenvalue weighted by molar-refractivity contribution is 7.13. The molecular formula is C34H45BN7O6S. The van der Waals surface area contributed by atoms with Gasteiger partial charge >= 0.3 is 0 Å². The number of hydrogen-bond donors (Lipinski definition) is 4. The number of aliphatic hydroxyl groups excluding tert-OH is 1. The standard InChI is InChI=1S/C34H45BN7O6S/c1-20(39-22(3)43)17-42(36-4)26-12-10-25(11-13-26)35-31(29-15-30(47-5)40-48-29)34(46)41-18-27(44)14-28(41)33(45)37-16-23-6-8-24(9-7-23)32-21(2)38-19-49-32/h6-9,15,17,19,25-28,31,36,44H,10-14,16,18H2,1-5H3,(H,37,45)(H,39,43)/b20-17+/t25?,26?,27-,28+,31?/m1/s1. The third-order valence-electron chi connectivity index (χ3n) is 9.15. The van der Waals surface area contributed by atoms with Crippen molar-refractivity contribution in [2.45, 2.75) is 89.2 Å². The van der Waals surface area contributed by atoms with Gasteiger partial charge in [-0.2, -0.15) is 0 Å². The number of carbonyl (C=O) groups is 3. The van der Waals surface area contributed by atoms with Crippen molar-refractivity contribution in [2.24, 2.45) is 0 Å². The molecule has 3 heterocycles. The summed E-state index contributed by atoms with van der Waals surface area (Å²) in [5.41, 5.74) is 8.74. The number of nitrogens with one attached hydrogen (secondary N) is 3. The van der Waals surface area contributed by atoms with E-state index in [2.05, 4.69) is 26.2 Å². The van der Waals surface area contributed by atoms with Gasteiger partial charge in [0.05, 0.1) is 35.1 Å². The number of β-amino-alcohol motifs (C(OH)–C–C–N with tert-alkyl or cyclic N) is 1. The van der Waals surface area contributed by atoms with Crippen LogP contribution in [0.2, 0.25) is 5.82 Å². The summed E-state index contributed by atoms with van der Waals surface area (Å²) in [7, 11) is 5.32. The minimum absolute atomic E-state index is 0.0410. The normalized spacial score (nSPS) is 21.6. The van der Waals surface area contributed by atoms with E-state index < -0.39 is 18.0 Å². The molecule has 2 aliphatic rings. The van der Waals surface area contributed by atoms with Crippen molar-refractivity contribution in [1.29, 1.82) is 0 Å². The lowest BCUT2D eigenvalue weighted by Crippen LogP contribution is -2.48. The van der Waals surface area contributed by atoms with Crippen molar-refractivity contribution >= 4 is 36.3 Å². The van der Waals surface area contributed by atoms with Crippen molar-refractivity contribution in [3.05, 3.63) is 64.8 Å². The Bertz CT molecular complexity index is 1620. The molecule has 15 heteroatoms. The van der Waals surface area contributed by atoms with E-state index >= 15 is 0 Å². The molecule has 3 aromatic rings. The van der Waals surface area contributed by atoms with Gasteiger partial charge < -0.3 is 34.9 Å². The number of aryl methyl sites for hydroxylation is 1. The molecule has 4 N–H and O–H groups in total. The number of ether oxygens (including phenoxy) is 1. The highest BCUT2D eigenvalue weighted by Gasteiger charge is 2.43. The largest absolute Gasteiger partial charge is 0.479 e. The summed E-state index contributed by atoms with van der Waals surface area (Å²) in [4.78, 5) is 46.1. The Hall–Kier alpha value is -4.21. The van der Waals surface area contributed by atoms with E-state index in [0.717, 1.165) is 53.1 Å². The number of aliphatic hydroxyl groups is 1. The first-order valence-corrected chi connectivity index (χ1v) is 17.5. The Kier molecular flexibility index (Phi) is 12.1. The smallest absolute Gasteiger partial charge is 0.254 e. The molecule has 0 spiro atoms. The fourth-order valence-electron chi connectivity index (χ4n) is 6.67. The van der Waals surface area contributed by atoms with Crippen molar-refractivity contribution in [2.75, 3.05) is 20.7 Å². The van der Waals surface area contributed by atoms with Crippen molar-refractivity contribution in [3.8, 4) is 16.3 Å². The van der Waals surface area contributed by atoms with Gasteiger partial charge in [0.1, 0.15) is 19.1 Å². The molecule has 261 valence electrons. The van der Waals surface area contributed by atoms with E-state index in [0.29, 0.717) is 5.76 Å². The van der Waals surface area contributed by atoms with Gasteiger partial charge in [0.2, 0.25) is 17.7 Å². The fourth-order valence-corrected chi connectivity index (χ4v) is 7.49. The third-order valence-corrected chi connectivity index (χ3v) is 10.1. The van der Waals surface area contributed by atoms with E-state index in [9.17, 15) is 19.5 Å². The number of aromatic nitrogens is 2. The van der Waals surface area contributed by atoms with Gasteiger partial charge in [-0.1, -0.05) is 42.9 Å². The van der Waals surface area contributed by atoms with Crippen LogP contribution >= 0.6 is 11.3 Å². The summed E-state index contributed by atoms with van der Waals surface area (Å²) in [6, 6.07) is 8.92. The van der Waals surface area contributed by atoms with Crippen LogP contribution in [0.25, 0.3) is 10.4 Å². The molecule has 1 unspecified atom stereocenters. The van der Waals surface area contributed by atoms with Crippen LogP contribution in [0, 0.1) is 6.92 Å². The van der Waals surface area contributed by atoms with Gasteiger partial charge in [-0.3, -0.25) is 14.4 Å². The first-order valence-electron chi connectivity index (χ1n) is 16.6. The van der Waals surface area contributed by atoms with E-state index in [1.165, 1.54) is 18.9 Å². The van der Waals surface area contributed by atoms with Gasteiger partial charge in [-0.15, -0.1) is 11.3 Å². The number of methoxy groups -OCH3 is 1. The molecule has 1 aliphatic carbocycles. The second kappa shape index (κ2) is 16.5. The molecule has 2 fully saturated rings. The predicted molar refractivity (Wildman–Crippen MR) is 186 cm³/mol. The average Bonchev–Trinajstić information content (AvgIpc) is 3.85. The molecule has 1 saturated heterocycles. The summed E-state index contributed by atoms with van der Waals surface area (Å²) in [5, 5.41) is 22.4. The maximum absolute atomic E-state index is 14.3. The number of likely N-dealkylation sites (tertiary alicyclic amines) is 1. The summed E-state index contributed by atoms with van der Waals surface area (Å²) in [6.45, 7) is 5.63. The Morgan fingerprint density at radius 1 is 1.20 bits per heavy atom. The average molecular weight is 691 g/mol. The number of carbonyl (C=O) groups excluding carboxylic acids is 3. The SMILES string of the molecule is CNN(/C=C(\C)NC(C)=O)C1CCC([B]C(C(=O)N2C[C@H](O)C[C@H]2C(=O)NCc2ccc(-c3scnc3C)cc2)c2cc(OC)no2)CC1. The molecule has 5 rings (SSSR count). The number of hydrazine groups is 1. The summed E-state index contributed by atoms with van der Waals surface area (Å²) >= 11 is 1.59. The van der Waals surface area contributed by atoms with Crippen LogP contribution in [0.5, 0.6) is 5.88 Å². The second-order valence-corrected chi connectivity index (χ2v) is 13.6. The van der Waals surface area contributed by atoms with Crippen molar-refractivity contribution < 1.29 is 28.8 Å². The number of rotatable bonds is 13. The van der Waals surface area contributed by atoms with Gasteiger partial charge in [0.25, 0.3) is 5.88 Å². The molecule has 1 saturated carbocycles. The van der Waals surface area contributed by atoms with E-state index in [1.54, 1.807) is 17.4 Å². The monoisotopic (exact) mass is 690 g/mol. The molecule has 3 atom stereocenters. The lowest BCUT2D eigenvalue weighted by molar-refractivity contribution is -0.138. The highest BCUT2D eigenvalue weighted by atomic mass is 32.1. The summed E-state index contributed by atoms with van der Waals surface area (Å²) in [5.74, 6) is -0.916. The van der Waals surface area contributed by atoms with Gasteiger partial charge in [0, 0.05) is 57.5 Å². The first-order chi connectivity index (χ1) is 23.6. The zero-order chi connectivity index (χ0) is 35.1. The van der Waals surface area contributed by atoms with E-state index in [1.807, 2.05) is 69.2 Å². The highest BCUT2D eigenvalue weighted by Crippen LogP contribution is 2.36. The summed E-state index contributed by atoms with van der Waals surface area (Å²) < 4.78 is 10.8. The van der Waals surface area contributed by atoms with Gasteiger partial charge in [-0.25, -0.2) is 10.4 Å². The zero-order valence-corrected chi connectivity index (χ0v) is 29.5. The van der Waals surface area contributed by atoms with E-state index in [4.69, 9.17) is 9.26 Å². The molecule has 1 aromatic carbocycles. The van der Waals surface area contributed by atoms with Crippen LogP contribution in [0.3, 0.4) is 0 Å². The number of nitrogens with zero attached hydrogens (tertiary/aromatic N) is 4. The number of thiazole rings is 1. The number of benzene rings is 1. The van der Waals surface area contributed by atoms with Crippen LogP contribution in [0.1, 0.15) is 68.8 Å². The fraction of sp³-hybridized carbons (Fsp3) is 0.500. The first kappa shape index (κ1) is 36.1. The molecule has 2 aromatic heterocycles. The van der Waals surface area contributed by atoms with Gasteiger partial charge in [-0.05, 0) is 43.0 Å². The molecule has 1 aliphatic heterocycles. The Morgan fingerprint density at radius 3 is 2.55 bits per heavy atom. The van der Waals surface area contributed by atoms with Crippen molar-refractivity contribution in [1.82, 2.24) is 36.1 Å². The summed E-state index contributed by atoms with van der Waals surface area (Å²) in [6.07, 6.45) is 4.55. The van der Waals surface area contributed by atoms with Crippen LogP contribution in [-0.2, 0) is 20.9 Å². The van der Waals surface area contributed by atoms with Crippen molar-refractivity contribution in [3.63, 3.8) is 0 Å². The van der Waals surface area contributed by atoms with E-state index in [-0.39, 0.29) is 55.0 Å². The van der Waals surface area contributed by atoms with Gasteiger partial charge in [0.15, 0.2) is 0 Å². The third kappa shape index (κ3) is 9.08. The molecule has 13 nitrogen and oxygen atoms in total. The minimum atomic E-state index is -0.833. The molecule has 0 bridgehead atoms. The molecule has 1 radical (unpaired) electrons. The van der Waals surface area contributed by atoms with Crippen LogP contribution in [-0.4, -0.2) is 89.0 Å². The Labute approximate surface area is 291 Å². The number of hydrogen-bond acceptors (Lipinski definition) is 11. The number of amides is 3. The van der Waals surface area contributed by atoms with Crippen LogP contribution < -0.4 is 20.8 Å². The second-order valence-electron chi connectivity index (χ2n) is 12.7. The quantitative estimate of drug-likeness (QED) is 0.155. The maximum atomic E-state index is 14.3. The lowest BCUT2D eigenvalue weighted by atomic mass is 9.50. The molecule has 49 heavy (non-hydrogen) atoms. The Balaban J connectivity index is 1.24. The minimum Gasteiger partial charge on any atom is -0.479 e. The molecule has 3 amide bonds. The topological polar surface area (TPSA) is 162 Å². The predicted octanol–water partition coefficient (Wildman–Crippen LogP) is 3.30. The van der Waals surface area contributed by atoms with Crippen LogP contribution in [0.4, 0.5) is 0 Å². The Morgan fingerprint density at radius 2 is 1.94 bits per heavy atom.